The maximum Gasteiger partial charge on any atom is 0.227 e. The van der Waals surface area contributed by atoms with Crippen LogP contribution in [0.2, 0.25) is 0 Å². The fraction of sp³-hybridized carbons (Fsp3) is 0.0377. The van der Waals surface area contributed by atoms with Gasteiger partial charge >= 0.3 is 0 Å². The largest absolute Gasteiger partial charge is 0.434 e. The fourth-order valence-corrected chi connectivity index (χ4v) is 9.13. The Hall–Kier alpha value is -7.83. The van der Waals surface area contributed by atoms with Gasteiger partial charge < -0.3 is 9.32 Å². The molecule has 12 rings (SSSR count). The van der Waals surface area contributed by atoms with Crippen LogP contribution in [0.15, 0.2) is 205 Å². The van der Waals surface area contributed by atoms with Crippen molar-refractivity contribution in [1.82, 2.24) is 19.5 Å². The van der Waals surface area contributed by atoms with Crippen molar-refractivity contribution in [3.05, 3.63) is 211 Å². The second-order valence-electron chi connectivity index (χ2n) is 15.2. The summed E-state index contributed by atoms with van der Waals surface area (Å²) in [5.41, 5.74) is 13.4. The maximum atomic E-state index is 6.69. The molecule has 6 heteroatoms. The highest BCUT2D eigenvalue weighted by Crippen LogP contribution is 2.53. The van der Waals surface area contributed by atoms with Gasteiger partial charge in [0, 0.05) is 50.7 Å². The van der Waals surface area contributed by atoms with Gasteiger partial charge in [0.2, 0.25) is 5.89 Å². The molecule has 1 aliphatic heterocycles. The Kier molecular flexibility index (Phi) is 7.56. The first kappa shape index (κ1) is 33.3. The average Bonchev–Trinajstić information content (AvgIpc) is 4.00. The first-order valence-electron chi connectivity index (χ1n) is 20.0. The Morgan fingerprint density at radius 3 is 2.02 bits per heavy atom. The quantitative estimate of drug-likeness (QED) is 0.169. The minimum Gasteiger partial charge on any atom is -0.434 e. The summed E-state index contributed by atoms with van der Waals surface area (Å²) >= 11 is 0. The standard InChI is InChI=1S/C53H35N5O/c1-5-16-34(17-6-1)45-33-48(56-52(54-45)35-18-7-2-8-19-35)58-46-27-14-13-24-40(46)41-26-15-25-39(49(41)58)37-28-31-47-43(32-37)42-29-30-44-51(50(42)57(47)38-22-11-4-12-23-38)59-53(55-44)36-20-9-3-10-21-36/h1-33,43,47H. The second kappa shape index (κ2) is 13.4. The molecule has 0 spiro atoms. The molecule has 1 aliphatic carbocycles. The summed E-state index contributed by atoms with van der Waals surface area (Å²) in [6.07, 6.45) is 7.12. The second-order valence-corrected chi connectivity index (χ2v) is 15.2. The number of oxazole rings is 1. The van der Waals surface area contributed by atoms with Crippen molar-refractivity contribution in [3.8, 4) is 39.9 Å². The summed E-state index contributed by atoms with van der Waals surface area (Å²) in [5.74, 6) is 2.18. The molecule has 7 aromatic carbocycles. The van der Waals surface area contributed by atoms with E-state index in [0.29, 0.717) is 11.7 Å². The number of hydrogen-bond donors (Lipinski definition) is 0. The van der Waals surface area contributed by atoms with Crippen LogP contribution in [0.1, 0.15) is 17.0 Å². The molecule has 2 aliphatic rings. The molecule has 0 radical (unpaired) electrons. The van der Waals surface area contributed by atoms with Crippen molar-refractivity contribution in [2.75, 3.05) is 4.90 Å². The monoisotopic (exact) mass is 757 g/mol. The molecular weight excluding hydrogens is 723 g/mol. The van der Waals surface area contributed by atoms with Crippen LogP contribution in [0.25, 0.3) is 78.4 Å². The number of fused-ring (bicyclic) bond motifs is 8. The predicted molar refractivity (Wildman–Crippen MR) is 239 cm³/mol. The molecule has 0 saturated carbocycles. The normalized spacial score (nSPS) is 15.8. The van der Waals surface area contributed by atoms with Gasteiger partial charge in [-0.3, -0.25) is 4.57 Å². The molecule has 59 heavy (non-hydrogen) atoms. The Balaban J connectivity index is 1.07. The van der Waals surface area contributed by atoms with Gasteiger partial charge in [0.05, 0.1) is 28.5 Å². The molecule has 2 unspecified atom stereocenters. The third kappa shape index (κ3) is 5.37. The van der Waals surface area contributed by atoms with E-state index in [9.17, 15) is 0 Å². The summed E-state index contributed by atoms with van der Waals surface area (Å²) in [4.78, 5) is 17.9. The Morgan fingerprint density at radius 1 is 0.559 bits per heavy atom. The number of anilines is 2. The lowest BCUT2D eigenvalue weighted by Crippen LogP contribution is -2.29. The van der Waals surface area contributed by atoms with E-state index in [1.54, 1.807) is 0 Å². The van der Waals surface area contributed by atoms with Crippen LogP contribution in [0, 0.1) is 0 Å². The van der Waals surface area contributed by atoms with Crippen molar-refractivity contribution in [2.24, 2.45) is 0 Å². The van der Waals surface area contributed by atoms with E-state index in [4.69, 9.17) is 19.4 Å². The number of para-hydroxylation sites is 3. The molecule has 2 atom stereocenters. The van der Waals surface area contributed by atoms with Crippen LogP contribution in [0.3, 0.4) is 0 Å². The summed E-state index contributed by atoms with van der Waals surface area (Å²) in [7, 11) is 0. The molecule has 278 valence electrons. The van der Waals surface area contributed by atoms with E-state index in [0.717, 1.165) is 72.8 Å². The molecule has 0 bridgehead atoms. The number of allylic oxidation sites excluding steroid dienone is 2. The van der Waals surface area contributed by atoms with Gasteiger partial charge in [0.15, 0.2) is 11.4 Å². The zero-order chi connectivity index (χ0) is 38.9. The predicted octanol–water partition coefficient (Wildman–Crippen LogP) is 13.0. The van der Waals surface area contributed by atoms with Crippen molar-refractivity contribution in [2.45, 2.75) is 12.0 Å². The lowest BCUT2D eigenvalue weighted by molar-refractivity contribution is 0.619. The smallest absolute Gasteiger partial charge is 0.227 e. The van der Waals surface area contributed by atoms with Gasteiger partial charge in [0.25, 0.3) is 0 Å². The van der Waals surface area contributed by atoms with Crippen molar-refractivity contribution in [1.29, 1.82) is 0 Å². The molecule has 0 amide bonds. The van der Waals surface area contributed by atoms with E-state index in [1.165, 1.54) is 16.3 Å². The van der Waals surface area contributed by atoms with Gasteiger partial charge in [-0.1, -0.05) is 158 Å². The SMILES string of the molecule is C1=CC2C(C=C1c1cccc3c4ccccc4n(-c4cc(-c5ccccc5)nc(-c5ccccc5)n4)c13)c1ccc3nc(-c4ccccc4)oc3c1N2c1ccccc1. The molecule has 6 nitrogen and oxygen atoms in total. The third-order valence-corrected chi connectivity index (χ3v) is 11.8. The van der Waals surface area contributed by atoms with E-state index in [1.807, 2.05) is 54.6 Å². The highest BCUT2D eigenvalue weighted by molar-refractivity contribution is 6.13. The van der Waals surface area contributed by atoms with Gasteiger partial charge in [-0.25, -0.2) is 15.0 Å². The Labute approximate surface area is 340 Å². The highest BCUT2D eigenvalue weighted by Gasteiger charge is 2.41. The van der Waals surface area contributed by atoms with E-state index < -0.39 is 0 Å². The first-order valence-corrected chi connectivity index (χ1v) is 20.0. The van der Waals surface area contributed by atoms with Gasteiger partial charge in [-0.2, -0.15) is 0 Å². The van der Waals surface area contributed by atoms with Crippen LogP contribution in [-0.2, 0) is 0 Å². The van der Waals surface area contributed by atoms with E-state index in [-0.39, 0.29) is 12.0 Å². The lowest BCUT2D eigenvalue weighted by Gasteiger charge is -2.29. The highest BCUT2D eigenvalue weighted by atomic mass is 16.3. The van der Waals surface area contributed by atoms with Gasteiger partial charge in [0.1, 0.15) is 11.3 Å². The molecular formula is C53H35N5O. The van der Waals surface area contributed by atoms with Crippen LogP contribution in [0.4, 0.5) is 11.4 Å². The summed E-state index contributed by atoms with van der Waals surface area (Å²) < 4.78 is 9.03. The number of rotatable bonds is 6. The number of aromatic nitrogens is 4. The van der Waals surface area contributed by atoms with E-state index in [2.05, 4.69) is 155 Å². The summed E-state index contributed by atoms with van der Waals surface area (Å²) in [6.45, 7) is 0. The number of benzene rings is 7. The molecule has 0 saturated heterocycles. The molecule has 0 N–H and O–H groups in total. The molecule has 4 heterocycles. The summed E-state index contributed by atoms with van der Waals surface area (Å²) in [5, 5.41) is 2.34. The minimum absolute atomic E-state index is 0.0424. The van der Waals surface area contributed by atoms with Crippen molar-refractivity contribution in [3.63, 3.8) is 0 Å². The molecule has 3 aromatic heterocycles. The third-order valence-electron chi connectivity index (χ3n) is 11.8. The first-order chi connectivity index (χ1) is 29.3. The van der Waals surface area contributed by atoms with Crippen LogP contribution in [0.5, 0.6) is 0 Å². The van der Waals surface area contributed by atoms with Crippen LogP contribution in [-0.4, -0.2) is 25.6 Å². The topological polar surface area (TPSA) is 60.0 Å². The van der Waals surface area contributed by atoms with Crippen molar-refractivity contribution >= 4 is 49.9 Å². The van der Waals surface area contributed by atoms with Gasteiger partial charge in [-0.15, -0.1) is 0 Å². The van der Waals surface area contributed by atoms with E-state index >= 15 is 0 Å². The zero-order valence-corrected chi connectivity index (χ0v) is 31.9. The Morgan fingerprint density at radius 2 is 1.24 bits per heavy atom. The molecule has 10 aromatic rings. The lowest BCUT2D eigenvalue weighted by atomic mass is 9.85. The van der Waals surface area contributed by atoms with Crippen LogP contribution >= 0.6 is 0 Å². The number of nitrogens with zero attached hydrogens (tertiary/aromatic N) is 5. The molecule has 0 fully saturated rings. The summed E-state index contributed by atoms with van der Waals surface area (Å²) in [6, 6.07) is 63.3. The fourth-order valence-electron chi connectivity index (χ4n) is 9.13. The maximum absolute atomic E-state index is 6.69. The zero-order valence-electron chi connectivity index (χ0n) is 31.9. The average molecular weight is 758 g/mol. The number of hydrogen-bond acceptors (Lipinski definition) is 5. The minimum atomic E-state index is 0.0424. The van der Waals surface area contributed by atoms with Gasteiger partial charge in [-0.05, 0) is 47.5 Å². The van der Waals surface area contributed by atoms with Crippen molar-refractivity contribution < 1.29 is 4.42 Å². The Bertz CT molecular complexity index is 3220. The van der Waals surface area contributed by atoms with Crippen LogP contribution < -0.4 is 4.90 Å².